The van der Waals surface area contributed by atoms with Crippen LogP contribution in [0.1, 0.15) is 6.42 Å². The van der Waals surface area contributed by atoms with Gasteiger partial charge in [0.15, 0.2) is 0 Å². The zero-order valence-electron chi connectivity index (χ0n) is 11.5. The van der Waals surface area contributed by atoms with Crippen LogP contribution in [0.5, 0.6) is 0 Å². The first kappa shape index (κ1) is 16.8. The van der Waals surface area contributed by atoms with Gasteiger partial charge < -0.3 is 5.11 Å². The van der Waals surface area contributed by atoms with Crippen molar-refractivity contribution in [2.45, 2.75) is 11.3 Å². The summed E-state index contributed by atoms with van der Waals surface area (Å²) in [5.41, 5.74) is 0.456. The summed E-state index contributed by atoms with van der Waals surface area (Å²) in [7, 11) is -3.80. The van der Waals surface area contributed by atoms with E-state index >= 15 is 0 Å². The molecule has 0 amide bonds. The number of anilines is 1. The number of carboxylic acids is 1. The molecule has 0 radical (unpaired) electrons. The highest BCUT2D eigenvalue weighted by atomic mass is 127. The first-order valence-electron chi connectivity index (χ1n) is 6.46. The fourth-order valence-electron chi connectivity index (χ4n) is 1.94. The van der Waals surface area contributed by atoms with Crippen molar-refractivity contribution in [3.8, 4) is 0 Å². The Morgan fingerprint density at radius 3 is 2.36 bits per heavy atom. The number of sulfonamides is 1. The maximum atomic E-state index is 12.8. The van der Waals surface area contributed by atoms with E-state index in [1.807, 2.05) is 6.07 Å². The van der Waals surface area contributed by atoms with Gasteiger partial charge in [-0.1, -0.05) is 24.3 Å². The molecule has 0 aliphatic rings. The van der Waals surface area contributed by atoms with E-state index in [9.17, 15) is 13.2 Å². The van der Waals surface area contributed by atoms with E-state index in [2.05, 4.69) is 22.6 Å². The standard InChI is InChI=1S/C15H14INO4S/c16-12-5-4-6-13(11-12)17(10-9-15(18)19)22(20,21)14-7-2-1-3-8-14/h1-8,11H,9-10H2,(H,18,19). The van der Waals surface area contributed by atoms with Crippen LogP contribution in [0.15, 0.2) is 59.5 Å². The van der Waals surface area contributed by atoms with Gasteiger partial charge in [0.2, 0.25) is 0 Å². The first-order valence-corrected chi connectivity index (χ1v) is 8.98. The number of nitrogens with zero attached hydrogens (tertiary/aromatic N) is 1. The largest absolute Gasteiger partial charge is 0.481 e. The average Bonchev–Trinajstić information content (AvgIpc) is 2.48. The molecule has 5 nitrogen and oxygen atoms in total. The Morgan fingerprint density at radius 1 is 1.09 bits per heavy atom. The highest BCUT2D eigenvalue weighted by Crippen LogP contribution is 2.25. The highest BCUT2D eigenvalue weighted by molar-refractivity contribution is 14.1. The molecule has 1 N–H and O–H groups in total. The van der Waals surface area contributed by atoms with Gasteiger partial charge >= 0.3 is 5.97 Å². The molecule has 0 unspecified atom stereocenters. The van der Waals surface area contributed by atoms with Gasteiger partial charge in [-0.15, -0.1) is 0 Å². The van der Waals surface area contributed by atoms with Gasteiger partial charge in [-0.05, 0) is 52.9 Å². The molecule has 0 aromatic heterocycles. The fraction of sp³-hybridized carbons (Fsp3) is 0.133. The summed E-state index contributed by atoms with van der Waals surface area (Å²) in [4.78, 5) is 11.0. The van der Waals surface area contributed by atoms with E-state index in [0.717, 1.165) is 7.88 Å². The predicted molar refractivity (Wildman–Crippen MR) is 92.4 cm³/mol. The minimum absolute atomic E-state index is 0.118. The SMILES string of the molecule is O=C(O)CCN(c1cccc(I)c1)S(=O)(=O)c1ccccc1. The number of rotatable bonds is 6. The summed E-state index contributed by atoms with van der Waals surface area (Å²) in [5.74, 6) is -1.04. The second-order valence-corrected chi connectivity index (χ2v) is 7.62. The molecule has 0 fully saturated rings. The average molecular weight is 431 g/mol. The number of hydrogen-bond donors (Lipinski definition) is 1. The van der Waals surface area contributed by atoms with Crippen LogP contribution in [0.4, 0.5) is 5.69 Å². The third-order valence-corrected chi connectivity index (χ3v) is 5.47. The highest BCUT2D eigenvalue weighted by Gasteiger charge is 2.25. The van der Waals surface area contributed by atoms with Crippen LogP contribution in [0, 0.1) is 3.57 Å². The molecule has 116 valence electrons. The molecule has 0 spiro atoms. The lowest BCUT2D eigenvalue weighted by Gasteiger charge is -2.24. The molecule has 7 heteroatoms. The van der Waals surface area contributed by atoms with E-state index < -0.39 is 16.0 Å². The molecule has 0 atom stereocenters. The Balaban J connectivity index is 2.46. The predicted octanol–water partition coefficient (Wildman–Crippen LogP) is 2.96. The maximum absolute atomic E-state index is 12.8. The maximum Gasteiger partial charge on any atom is 0.305 e. The van der Waals surface area contributed by atoms with Crippen LogP contribution in [0.3, 0.4) is 0 Å². The van der Waals surface area contributed by atoms with Crippen LogP contribution in [0.25, 0.3) is 0 Å². The van der Waals surface area contributed by atoms with Crippen molar-refractivity contribution in [1.29, 1.82) is 0 Å². The number of hydrogen-bond acceptors (Lipinski definition) is 3. The normalized spacial score (nSPS) is 11.1. The van der Waals surface area contributed by atoms with Crippen molar-refractivity contribution in [1.82, 2.24) is 0 Å². The summed E-state index contributed by atoms with van der Waals surface area (Å²) in [6, 6.07) is 14.9. The zero-order valence-corrected chi connectivity index (χ0v) is 14.5. The van der Waals surface area contributed by atoms with Crippen molar-refractivity contribution in [2.24, 2.45) is 0 Å². The van der Waals surface area contributed by atoms with E-state index in [1.54, 1.807) is 36.4 Å². The van der Waals surface area contributed by atoms with Crippen LogP contribution >= 0.6 is 22.6 Å². The summed E-state index contributed by atoms with van der Waals surface area (Å²) >= 11 is 2.09. The van der Waals surface area contributed by atoms with Gasteiger partial charge in [-0.25, -0.2) is 8.42 Å². The zero-order chi connectivity index (χ0) is 16.2. The van der Waals surface area contributed by atoms with Gasteiger partial charge in [0.05, 0.1) is 17.0 Å². The topological polar surface area (TPSA) is 74.7 Å². The first-order chi connectivity index (χ1) is 10.4. The third-order valence-electron chi connectivity index (χ3n) is 2.96. The van der Waals surface area contributed by atoms with Crippen LogP contribution in [-0.2, 0) is 14.8 Å². The van der Waals surface area contributed by atoms with Crippen molar-refractivity contribution >= 4 is 44.3 Å². The Bertz CT molecular complexity index is 762. The van der Waals surface area contributed by atoms with E-state index in [1.165, 1.54) is 12.1 Å². The molecule has 0 heterocycles. The second-order valence-electron chi connectivity index (χ2n) is 4.51. The van der Waals surface area contributed by atoms with E-state index in [0.29, 0.717) is 5.69 Å². The molecule has 0 saturated carbocycles. The second kappa shape index (κ2) is 7.10. The minimum atomic E-state index is -3.80. The number of carbonyl (C=O) groups is 1. The molecule has 0 saturated heterocycles. The molecular weight excluding hydrogens is 417 g/mol. The number of benzene rings is 2. The molecular formula is C15H14INO4S. The van der Waals surface area contributed by atoms with Crippen LogP contribution < -0.4 is 4.31 Å². The van der Waals surface area contributed by atoms with Crippen LogP contribution in [0.2, 0.25) is 0 Å². The van der Waals surface area contributed by atoms with Gasteiger partial charge in [-0.3, -0.25) is 9.10 Å². The third kappa shape index (κ3) is 3.98. The van der Waals surface area contributed by atoms with E-state index in [-0.39, 0.29) is 17.9 Å². The molecule has 2 aromatic carbocycles. The van der Waals surface area contributed by atoms with Gasteiger partial charge in [0, 0.05) is 10.1 Å². The smallest absolute Gasteiger partial charge is 0.305 e. The number of carboxylic acid groups (broad SMARTS) is 1. The van der Waals surface area contributed by atoms with E-state index in [4.69, 9.17) is 5.11 Å². The Kier molecular flexibility index (Phi) is 5.41. The molecule has 2 rings (SSSR count). The molecule has 22 heavy (non-hydrogen) atoms. The van der Waals surface area contributed by atoms with Crippen molar-refractivity contribution in [3.05, 3.63) is 58.2 Å². The lowest BCUT2D eigenvalue weighted by molar-refractivity contribution is -0.136. The molecule has 0 aliphatic carbocycles. The summed E-state index contributed by atoms with van der Waals surface area (Å²) < 4.78 is 27.6. The van der Waals surface area contributed by atoms with Crippen LogP contribution in [-0.4, -0.2) is 26.0 Å². The lowest BCUT2D eigenvalue weighted by Crippen LogP contribution is -2.33. The van der Waals surface area contributed by atoms with Gasteiger partial charge in [-0.2, -0.15) is 0 Å². The quantitative estimate of drug-likeness (QED) is 0.714. The Hall–Kier alpha value is -1.61. The molecule has 2 aromatic rings. The Labute approximate surface area is 142 Å². The van der Waals surface area contributed by atoms with Crippen molar-refractivity contribution in [2.75, 3.05) is 10.8 Å². The Morgan fingerprint density at radius 2 is 1.77 bits per heavy atom. The number of aliphatic carboxylic acids is 1. The number of halogens is 1. The monoisotopic (exact) mass is 431 g/mol. The molecule has 0 bridgehead atoms. The van der Waals surface area contributed by atoms with Crippen molar-refractivity contribution < 1.29 is 18.3 Å². The van der Waals surface area contributed by atoms with Gasteiger partial charge in [0.1, 0.15) is 0 Å². The van der Waals surface area contributed by atoms with Gasteiger partial charge in [0.25, 0.3) is 10.0 Å². The van der Waals surface area contributed by atoms with Crippen molar-refractivity contribution in [3.63, 3.8) is 0 Å². The summed E-state index contributed by atoms with van der Waals surface area (Å²) in [5, 5.41) is 8.88. The summed E-state index contributed by atoms with van der Waals surface area (Å²) in [6.45, 7) is -0.118. The lowest BCUT2D eigenvalue weighted by atomic mass is 10.3. The fourth-order valence-corrected chi connectivity index (χ4v) is 3.94. The summed E-state index contributed by atoms with van der Waals surface area (Å²) in [6.07, 6.45) is -0.266. The minimum Gasteiger partial charge on any atom is -0.481 e. The molecule has 0 aliphatic heterocycles.